The second kappa shape index (κ2) is 9.82. The standard InChI is InChI=1S/C21H23FN4O4/c22-18-10-7-16(14-19(18)26(29)30)24-21(28)20(27)23-11-3-4-15-5-8-17(9-6-15)25-12-1-2-13-25/h5-10,14H,1-4,11-13H2,(H,23,27)(H,24,28). The maximum Gasteiger partial charge on any atom is 0.313 e. The molecule has 0 saturated carbocycles. The molecule has 2 N–H and O–H groups in total. The molecule has 0 unspecified atom stereocenters. The molecule has 0 aliphatic carbocycles. The van der Waals surface area contributed by atoms with Crippen LogP contribution in [0.4, 0.5) is 21.5 Å². The lowest BCUT2D eigenvalue weighted by Gasteiger charge is -2.17. The normalized spacial score (nSPS) is 13.2. The van der Waals surface area contributed by atoms with Crippen LogP contribution in [0.15, 0.2) is 42.5 Å². The number of anilines is 2. The number of nitro benzene ring substituents is 1. The Hall–Kier alpha value is -3.49. The largest absolute Gasteiger partial charge is 0.372 e. The van der Waals surface area contributed by atoms with Gasteiger partial charge in [-0.05, 0) is 55.5 Å². The van der Waals surface area contributed by atoms with Crippen LogP contribution < -0.4 is 15.5 Å². The first-order chi connectivity index (χ1) is 14.4. The van der Waals surface area contributed by atoms with E-state index >= 15 is 0 Å². The van der Waals surface area contributed by atoms with Gasteiger partial charge < -0.3 is 15.5 Å². The highest BCUT2D eigenvalue weighted by Gasteiger charge is 2.18. The molecule has 1 aliphatic heterocycles. The quantitative estimate of drug-likeness (QED) is 0.314. The second-order valence-corrected chi connectivity index (χ2v) is 7.10. The smallest absolute Gasteiger partial charge is 0.313 e. The summed E-state index contributed by atoms with van der Waals surface area (Å²) < 4.78 is 13.3. The van der Waals surface area contributed by atoms with Gasteiger partial charge in [-0.3, -0.25) is 19.7 Å². The summed E-state index contributed by atoms with van der Waals surface area (Å²) in [5, 5.41) is 15.5. The number of nitro groups is 1. The number of carbonyl (C=O) groups is 2. The molecule has 9 heteroatoms. The van der Waals surface area contributed by atoms with Crippen molar-refractivity contribution in [2.45, 2.75) is 25.7 Å². The summed E-state index contributed by atoms with van der Waals surface area (Å²) in [7, 11) is 0. The lowest BCUT2D eigenvalue weighted by molar-refractivity contribution is -0.387. The average Bonchev–Trinajstić information content (AvgIpc) is 3.27. The van der Waals surface area contributed by atoms with Gasteiger partial charge in [0.1, 0.15) is 0 Å². The molecular weight excluding hydrogens is 391 g/mol. The summed E-state index contributed by atoms with van der Waals surface area (Å²) in [5.41, 5.74) is 1.57. The van der Waals surface area contributed by atoms with Crippen LogP contribution in [0.3, 0.4) is 0 Å². The van der Waals surface area contributed by atoms with Gasteiger partial charge in [0, 0.05) is 37.1 Å². The van der Waals surface area contributed by atoms with E-state index in [1.54, 1.807) is 0 Å². The van der Waals surface area contributed by atoms with E-state index in [0.29, 0.717) is 13.0 Å². The maximum absolute atomic E-state index is 13.3. The van der Waals surface area contributed by atoms with E-state index in [2.05, 4.69) is 39.8 Å². The minimum atomic E-state index is -1.02. The molecule has 2 aromatic rings. The molecule has 1 aliphatic rings. The highest BCUT2D eigenvalue weighted by molar-refractivity contribution is 6.39. The molecule has 3 rings (SSSR count). The van der Waals surface area contributed by atoms with Crippen LogP contribution in [0.2, 0.25) is 0 Å². The van der Waals surface area contributed by atoms with E-state index < -0.39 is 28.2 Å². The zero-order valence-corrected chi connectivity index (χ0v) is 16.4. The number of hydrogen-bond acceptors (Lipinski definition) is 5. The molecule has 30 heavy (non-hydrogen) atoms. The number of nitrogens with one attached hydrogen (secondary N) is 2. The van der Waals surface area contributed by atoms with Gasteiger partial charge in [0.15, 0.2) is 0 Å². The molecule has 0 spiro atoms. The fourth-order valence-corrected chi connectivity index (χ4v) is 3.34. The lowest BCUT2D eigenvalue weighted by atomic mass is 10.1. The van der Waals surface area contributed by atoms with Crippen molar-refractivity contribution in [1.82, 2.24) is 5.32 Å². The number of halogens is 1. The van der Waals surface area contributed by atoms with E-state index in [4.69, 9.17) is 0 Å². The van der Waals surface area contributed by atoms with E-state index in [0.717, 1.165) is 43.3 Å². The van der Waals surface area contributed by atoms with Crippen LogP contribution in [0, 0.1) is 15.9 Å². The Labute approximate surface area is 173 Å². The molecular formula is C21H23FN4O4. The number of nitrogens with zero attached hydrogens (tertiary/aromatic N) is 2. The monoisotopic (exact) mass is 414 g/mol. The number of aryl methyl sites for hydroxylation is 1. The van der Waals surface area contributed by atoms with Crippen molar-refractivity contribution >= 4 is 28.9 Å². The molecule has 2 amide bonds. The molecule has 1 heterocycles. The SMILES string of the molecule is O=C(NCCCc1ccc(N2CCCC2)cc1)C(=O)Nc1ccc(F)c([N+](=O)[O-])c1. The summed E-state index contributed by atoms with van der Waals surface area (Å²) in [5.74, 6) is -2.84. The number of hydrogen-bond donors (Lipinski definition) is 2. The predicted octanol–water partition coefficient (Wildman–Crippen LogP) is 3.02. The van der Waals surface area contributed by atoms with Gasteiger partial charge in [-0.2, -0.15) is 4.39 Å². The van der Waals surface area contributed by atoms with Crippen molar-refractivity contribution in [3.63, 3.8) is 0 Å². The maximum atomic E-state index is 13.3. The van der Waals surface area contributed by atoms with Gasteiger partial charge in [-0.1, -0.05) is 12.1 Å². The van der Waals surface area contributed by atoms with Crippen molar-refractivity contribution in [1.29, 1.82) is 0 Å². The average molecular weight is 414 g/mol. The third-order valence-electron chi connectivity index (χ3n) is 4.94. The predicted molar refractivity (Wildman–Crippen MR) is 111 cm³/mol. The van der Waals surface area contributed by atoms with Crippen molar-refractivity contribution in [3.05, 3.63) is 64.0 Å². The Kier molecular flexibility index (Phi) is 6.95. The van der Waals surface area contributed by atoms with E-state index in [1.165, 1.54) is 18.5 Å². The topological polar surface area (TPSA) is 105 Å². The minimum absolute atomic E-state index is 0.0265. The van der Waals surface area contributed by atoms with Crippen molar-refractivity contribution in [2.75, 3.05) is 29.9 Å². The first-order valence-corrected chi connectivity index (χ1v) is 9.81. The summed E-state index contributed by atoms with van der Waals surface area (Å²) in [6, 6.07) is 11.2. The third kappa shape index (κ3) is 5.53. The Morgan fingerprint density at radius 1 is 1.07 bits per heavy atom. The summed E-state index contributed by atoms with van der Waals surface area (Å²) in [4.78, 5) is 36.0. The fourth-order valence-electron chi connectivity index (χ4n) is 3.34. The van der Waals surface area contributed by atoms with E-state index in [9.17, 15) is 24.1 Å². The Morgan fingerprint density at radius 3 is 2.43 bits per heavy atom. The molecule has 158 valence electrons. The van der Waals surface area contributed by atoms with Gasteiger partial charge in [0.05, 0.1) is 4.92 Å². The fraction of sp³-hybridized carbons (Fsp3) is 0.333. The molecule has 0 atom stereocenters. The number of rotatable bonds is 7. The Morgan fingerprint density at radius 2 is 1.77 bits per heavy atom. The van der Waals surface area contributed by atoms with E-state index in [1.807, 2.05) is 0 Å². The van der Waals surface area contributed by atoms with Gasteiger partial charge in [-0.25, -0.2) is 0 Å². The van der Waals surface area contributed by atoms with Crippen LogP contribution in [0.5, 0.6) is 0 Å². The molecule has 0 radical (unpaired) electrons. The van der Waals surface area contributed by atoms with Gasteiger partial charge in [-0.15, -0.1) is 0 Å². The Balaban J connectivity index is 1.41. The van der Waals surface area contributed by atoms with E-state index in [-0.39, 0.29) is 5.69 Å². The molecule has 0 aromatic heterocycles. The molecule has 1 fully saturated rings. The second-order valence-electron chi connectivity index (χ2n) is 7.10. The van der Waals surface area contributed by atoms with Crippen LogP contribution in [-0.2, 0) is 16.0 Å². The first-order valence-electron chi connectivity index (χ1n) is 9.81. The minimum Gasteiger partial charge on any atom is -0.372 e. The summed E-state index contributed by atoms with van der Waals surface area (Å²) in [6.07, 6.45) is 3.87. The zero-order valence-electron chi connectivity index (χ0n) is 16.4. The molecule has 8 nitrogen and oxygen atoms in total. The van der Waals surface area contributed by atoms with Gasteiger partial charge in [0.25, 0.3) is 0 Å². The number of amides is 2. The van der Waals surface area contributed by atoms with Crippen molar-refractivity contribution in [2.24, 2.45) is 0 Å². The lowest BCUT2D eigenvalue weighted by Crippen LogP contribution is -2.36. The number of benzene rings is 2. The van der Waals surface area contributed by atoms with Crippen LogP contribution in [0.25, 0.3) is 0 Å². The van der Waals surface area contributed by atoms with Crippen LogP contribution >= 0.6 is 0 Å². The molecule has 0 bridgehead atoms. The molecule has 1 saturated heterocycles. The highest BCUT2D eigenvalue weighted by atomic mass is 19.1. The number of carbonyl (C=O) groups excluding carboxylic acids is 2. The third-order valence-corrected chi connectivity index (χ3v) is 4.94. The van der Waals surface area contributed by atoms with Crippen LogP contribution in [0.1, 0.15) is 24.8 Å². The zero-order chi connectivity index (χ0) is 21.5. The van der Waals surface area contributed by atoms with Gasteiger partial charge in [0.2, 0.25) is 5.82 Å². The Bertz CT molecular complexity index is 927. The van der Waals surface area contributed by atoms with Crippen LogP contribution in [-0.4, -0.2) is 36.4 Å². The van der Waals surface area contributed by atoms with Crippen molar-refractivity contribution in [3.8, 4) is 0 Å². The van der Waals surface area contributed by atoms with Gasteiger partial charge >= 0.3 is 17.5 Å². The van der Waals surface area contributed by atoms with Crippen molar-refractivity contribution < 1.29 is 18.9 Å². The highest BCUT2D eigenvalue weighted by Crippen LogP contribution is 2.22. The summed E-state index contributed by atoms with van der Waals surface area (Å²) in [6.45, 7) is 2.50. The first kappa shape index (κ1) is 21.2. The summed E-state index contributed by atoms with van der Waals surface area (Å²) >= 11 is 0. The molecule has 2 aromatic carbocycles.